The lowest BCUT2D eigenvalue weighted by Gasteiger charge is -2.16. The zero-order valence-corrected chi connectivity index (χ0v) is 15.2. The van der Waals surface area contributed by atoms with Gasteiger partial charge in [0.15, 0.2) is 0 Å². The third kappa shape index (κ3) is 11.1. The number of benzene rings is 1. The molecule has 0 saturated carbocycles. The summed E-state index contributed by atoms with van der Waals surface area (Å²) in [5, 5.41) is 0. The third-order valence-corrected chi connectivity index (χ3v) is 4.20. The van der Waals surface area contributed by atoms with Crippen LogP contribution in [-0.2, 0) is 6.42 Å². The van der Waals surface area contributed by atoms with E-state index < -0.39 is 0 Å². The standard InChI is InChI=1S/C12H17I.C3H8.C2H6/c1-3-10(2)12(13)9-11-7-5-4-6-8-11;1-3-2;1-2/h4-8,10,12H,3,9H2,1-2H3;3H2,1-2H3;1-2H3/t10-,12+;;/m1../s1. The van der Waals surface area contributed by atoms with Crippen molar-refractivity contribution in [1.29, 1.82) is 0 Å². The molecule has 0 N–H and O–H groups in total. The van der Waals surface area contributed by atoms with Gasteiger partial charge in [-0.25, -0.2) is 0 Å². The van der Waals surface area contributed by atoms with Gasteiger partial charge in [0.25, 0.3) is 0 Å². The minimum absolute atomic E-state index is 0.769. The highest BCUT2D eigenvalue weighted by Gasteiger charge is 2.11. The molecular formula is C17H31I. The highest BCUT2D eigenvalue weighted by atomic mass is 127. The van der Waals surface area contributed by atoms with E-state index in [1.165, 1.54) is 24.8 Å². The van der Waals surface area contributed by atoms with E-state index in [4.69, 9.17) is 0 Å². The summed E-state index contributed by atoms with van der Waals surface area (Å²) >= 11 is 2.57. The van der Waals surface area contributed by atoms with Gasteiger partial charge in [0.1, 0.15) is 0 Å². The van der Waals surface area contributed by atoms with Crippen LogP contribution < -0.4 is 0 Å². The van der Waals surface area contributed by atoms with Gasteiger partial charge in [-0.05, 0) is 17.9 Å². The summed E-state index contributed by atoms with van der Waals surface area (Å²) in [7, 11) is 0. The molecule has 0 unspecified atom stereocenters. The molecule has 0 spiro atoms. The van der Waals surface area contributed by atoms with E-state index in [-0.39, 0.29) is 0 Å². The molecule has 0 saturated heterocycles. The molecule has 0 heterocycles. The molecule has 2 atom stereocenters. The van der Waals surface area contributed by atoms with Gasteiger partial charge in [0, 0.05) is 3.92 Å². The van der Waals surface area contributed by atoms with E-state index in [0.717, 1.165) is 9.84 Å². The minimum atomic E-state index is 0.769. The van der Waals surface area contributed by atoms with Crippen LogP contribution in [-0.4, -0.2) is 3.92 Å². The normalized spacial score (nSPS) is 12.4. The molecule has 1 heteroatoms. The summed E-state index contributed by atoms with van der Waals surface area (Å²) in [6.07, 6.45) is 3.73. The predicted octanol–water partition coefficient (Wildman–Crippen LogP) is 6.52. The molecule has 0 fully saturated rings. The molecule has 0 aliphatic rings. The van der Waals surface area contributed by atoms with Crippen molar-refractivity contribution in [1.82, 2.24) is 0 Å². The second-order valence-corrected chi connectivity index (χ2v) is 5.90. The van der Waals surface area contributed by atoms with E-state index in [0.29, 0.717) is 0 Å². The predicted molar refractivity (Wildman–Crippen MR) is 94.7 cm³/mol. The van der Waals surface area contributed by atoms with Crippen molar-refractivity contribution in [3.63, 3.8) is 0 Å². The van der Waals surface area contributed by atoms with Crippen molar-refractivity contribution >= 4 is 22.6 Å². The first kappa shape index (κ1) is 20.3. The first-order valence-electron chi connectivity index (χ1n) is 7.33. The van der Waals surface area contributed by atoms with E-state index >= 15 is 0 Å². The number of hydrogen-bond donors (Lipinski definition) is 0. The first-order valence-corrected chi connectivity index (χ1v) is 8.58. The van der Waals surface area contributed by atoms with Crippen molar-refractivity contribution in [2.24, 2.45) is 5.92 Å². The van der Waals surface area contributed by atoms with Crippen LogP contribution in [0.15, 0.2) is 30.3 Å². The van der Waals surface area contributed by atoms with Gasteiger partial charge in [-0.15, -0.1) is 0 Å². The molecule has 0 aromatic heterocycles. The van der Waals surface area contributed by atoms with Crippen LogP contribution >= 0.6 is 22.6 Å². The average molecular weight is 362 g/mol. The number of rotatable bonds is 4. The Morgan fingerprint density at radius 3 is 1.83 bits per heavy atom. The lowest BCUT2D eigenvalue weighted by Crippen LogP contribution is -2.12. The van der Waals surface area contributed by atoms with E-state index in [9.17, 15) is 0 Å². The minimum Gasteiger partial charge on any atom is -0.0820 e. The Balaban J connectivity index is 0. The highest BCUT2D eigenvalue weighted by Crippen LogP contribution is 2.20. The lowest BCUT2D eigenvalue weighted by atomic mass is 9.99. The van der Waals surface area contributed by atoms with Gasteiger partial charge in [-0.3, -0.25) is 0 Å². The summed E-state index contributed by atoms with van der Waals surface area (Å²) in [6, 6.07) is 10.8. The van der Waals surface area contributed by atoms with Gasteiger partial charge in [-0.1, -0.05) is 107 Å². The van der Waals surface area contributed by atoms with E-state index in [2.05, 4.69) is 80.6 Å². The molecule has 0 radical (unpaired) electrons. The summed E-state index contributed by atoms with van der Waals surface area (Å²) in [5.41, 5.74) is 1.46. The SMILES string of the molecule is CC.CCC.CC[C@@H](C)[C@@H](I)Cc1ccccc1. The molecule has 0 amide bonds. The molecule has 0 nitrogen and oxygen atoms in total. The summed E-state index contributed by atoms with van der Waals surface area (Å²) < 4.78 is 0.769. The fourth-order valence-corrected chi connectivity index (χ4v) is 2.31. The monoisotopic (exact) mass is 362 g/mol. The molecular weight excluding hydrogens is 331 g/mol. The van der Waals surface area contributed by atoms with Crippen molar-refractivity contribution < 1.29 is 0 Å². The maximum Gasteiger partial charge on any atom is 0.0175 e. The molecule has 0 aliphatic heterocycles. The fourth-order valence-electron chi connectivity index (χ4n) is 1.30. The van der Waals surface area contributed by atoms with Gasteiger partial charge in [0.05, 0.1) is 0 Å². The Morgan fingerprint density at radius 1 is 1.00 bits per heavy atom. The quantitative estimate of drug-likeness (QED) is 0.422. The number of alkyl halides is 1. The largest absolute Gasteiger partial charge is 0.0820 e. The summed E-state index contributed by atoms with van der Waals surface area (Å²) in [6.45, 7) is 12.8. The molecule has 18 heavy (non-hydrogen) atoms. The molecule has 0 bridgehead atoms. The second kappa shape index (κ2) is 15.0. The smallest absolute Gasteiger partial charge is 0.0175 e. The van der Waals surface area contributed by atoms with Crippen molar-refractivity contribution in [2.75, 3.05) is 0 Å². The van der Waals surface area contributed by atoms with Crippen LogP contribution in [0.2, 0.25) is 0 Å². The maximum absolute atomic E-state index is 2.57. The zero-order valence-electron chi connectivity index (χ0n) is 13.0. The summed E-state index contributed by atoms with van der Waals surface area (Å²) in [5.74, 6) is 0.820. The number of halogens is 1. The summed E-state index contributed by atoms with van der Waals surface area (Å²) in [4.78, 5) is 0. The maximum atomic E-state index is 2.57. The first-order chi connectivity index (χ1) is 8.65. The third-order valence-electron chi connectivity index (χ3n) is 2.53. The van der Waals surface area contributed by atoms with Crippen molar-refractivity contribution in [2.45, 2.75) is 64.7 Å². The number of hydrogen-bond acceptors (Lipinski definition) is 0. The molecule has 106 valence electrons. The Morgan fingerprint density at radius 2 is 1.44 bits per heavy atom. The Labute approximate surface area is 129 Å². The molecule has 1 rings (SSSR count). The topological polar surface area (TPSA) is 0 Å². The fraction of sp³-hybridized carbons (Fsp3) is 0.647. The Hall–Kier alpha value is -0.0500. The van der Waals surface area contributed by atoms with Crippen molar-refractivity contribution in [3.05, 3.63) is 35.9 Å². The highest BCUT2D eigenvalue weighted by molar-refractivity contribution is 14.1. The zero-order chi connectivity index (χ0) is 14.4. The van der Waals surface area contributed by atoms with Gasteiger partial charge >= 0.3 is 0 Å². The van der Waals surface area contributed by atoms with Crippen LogP contribution in [0.25, 0.3) is 0 Å². The Kier molecular flexibility index (Phi) is 16.9. The van der Waals surface area contributed by atoms with Crippen LogP contribution in [0, 0.1) is 5.92 Å². The second-order valence-electron chi connectivity index (χ2n) is 4.30. The molecule has 1 aromatic rings. The van der Waals surface area contributed by atoms with Crippen LogP contribution in [0.3, 0.4) is 0 Å². The average Bonchev–Trinajstić information content (AvgIpc) is 2.42. The van der Waals surface area contributed by atoms with Crippen molar-refractivity contribution in [3.8, 4) is 0 Å². The van der Waals surface area contributed by atoms with E-state index in [1.807, 2.05) is 13.8 Å². The molecule has 1 aromatic carbocycles. The van der Waals surface area contributed by atoms with Gasteiger partial charge < -0.3 is 0 Å². The van der Waals surface area contributed by atoms with E-state index in [1.54, 1.807) is 0 Å². The Bertz CT molecular complexity index is 243. The van der Waals surface area contributed by atoms with Crippen LogP contribution in [0.5, 0.6) is 0 Å². The van der Waals surface area contributed by atoms with Crippen LogP contribution in [0.1, 0.15) is 59.9 Å². The van der Waals surface area contributed by atoms with Crippen LogP contribution in [0.4, 0.5) is 0 Å². The van der Waals surface area contributed by atoms with Gasteiger partial charge in [0.2, 0.25) is 0 Å². The molecule has 0 aliphatic carbocycles. The van der Waals surface area contributed by atoms with Gasteiger partial charge in [-0.2, -0.15) is 0 Å². The lowest BCUT2D eigenvalue weighted by molar-refractivity contribution is 0.546.